The number of nitrogens with zero attached hydrogens (tertiary/aromatic N) is 6. The maximum absolute atomic E-state index is 14.0. The Balaban J connectivity index is 1.28. The monoisotopic (exact) mass is 499 g/mol. The van der Waals surface area contributed by atoms with Crippen molar-refractivity contribution in [3.63, 3.8) is 0 Å². The highest BCUT2D eigenvalue weighted by Gasteiger charge is 2.38. The maximum Gasteiger partial charge on any atom is 0.435 e. The zero-order chi connectivity index (χ0) is 25.2. The lowest BCUT2D eigenvalue weighted by molar-refractivity contribution is -0.140. The summed E-state index contributed by atoms with van der Waals surface area (Å²) < 4.78 is 60.6. The number of carbonyl (C=O) groups excluding carboxylic acids is 1. The second kappa shape index (κ2) is 10.1. The van der Waals surface area contributed by atoms with Crippen LogP contribution in [0.4, 0.5) is 17.6 Å². The molecule has 2 aliphatic rings. The Morgan fingerprint density at radius 3 is 2.69 bits per heavy atom. The Bertz CT molecular complexity index is 1200. The lowest BCUT2D eigenvalue weighted by atomic mass is 10.2. The Hall–Kier alpha value is -3.29. The Labute approximate surface area is 197 Å². The van der Waals surface area contributed by atoms with Crippen molar-refractivity contribution in [2.24, 2.45) is 4.99 Å². The number of amides is 1. The van der Waals surface area contributed by atoms with Gasteiger partial charge in [-0.15, -0.1) is 0 Å². The first-order chi connectivity index (χ1) is 16.7. The van der Waals surface area contributed by atoms with Gasteiger partial charge >= 0.3 is 6.18 Å². The fourth-order valence-corrected chi connectivity index (χ4v) is 4.12. The third kappa shape index (κ3) is 5.36. The molecule has 1 amide bonds. The van der Waals surface area contributed by atoms with Crippen LogP contribution < -0.4 is 5.56 Å². The summed E-state index contributed by atoms with van der Waals surface area (Å²) in [5.41, 5.74) is -2.32. The summed E-state index contributed by atoms with van der Waals surface area (Å²) in [7, 11) is 0. The van der Waals surface area contributed by atoms with E-state index in [-0.39, 0.29) is 36.9 Å². The number of hydrogen-bond acceptors (Lipinski definition) is 7. The molecular weight excluding hydrogens is 474 g/mol. The van der Waals surface area contributed by atoms with Crippen molar-refractivity contribution in [3.8, 4) is 0 Å². The third-order valence-electron chi connectivity index (χ3n) is 5.91. The molecule has 1 atom stereocenters. The number of hydrogen-bond donors (Lipinski definition) is 1. The van der Waals surface area contributed by atoms with Crippen LogP contribution in [-0.4, -0.2) is 81.3 Å². The standard InChI is InChI=1S/C21H25F4N7O3/c1-13(32-15-11-27-28-20(34)17(15)18(29-32)21(23,24)25)12-35-10-4-16(33)30-6-8-31(9-7-30)19-14(22)3-2-5-26-19/h5,11,13H,2-4,6-10,12H2,1H3,(H,28,34). The van der Waals surface area contributed by atoms with Crippen LogP contribution in [0.1, 0.15) is 37.9 Å². The van der Waals surface area contributed by atoms with E-state index in [0.717, 1.165) is 10.9 Å². The fourth-order valence-electron chi connectivity index (χ4n) is 4.12. The molecule has 1 unspecified atom stereocenters. The van der Waals surface area contributed by atoms with Crippen molar-refractivity contribution in [1.82, 2.24) is 29.8 Å². The number of alkyl halides is 3. The molecule has 35 heavy (non-hydrogen) atoms. The molecule has 1 saturated heterocycles. The number of ether oxygens (including phenoxy) is 1. The quantitative estimate of drug-likeness (QED) is 0.463. The average Bonchev–Trinajstić information content (AvgIpc) is 3.24. The molecule has 0 aliphatic carbocycles. The summed E-state index contributed by atoms with van der Waals surface area (Å²) in [6.07, 6.45) is -0.983. The van der Waals surface area contributed by atoms with Crippen molar-refractivity contribution in [2.75, 3.05) is 39.4 Å². The molecule has 4 rings (SSSR count). The smallest absolute Gasteiger partial charge is 0.379 e. The molecule has 0 saturated carbocycles. The molecule has 14 heteroatoms. The number of aliphatic imine (C=N–C) groups is 1. The first-order valence-electron chi connectivity index (χ1n) is 11.2. The molecule has 0 spiro atoms. The number of rotatable bonds is 7. The van der Waals surface area contributed by atoms with Gasteiger partial charge in [0.25, 0.3) is 5.56 Å². The van der Waals surface area contributed by atoms with Gasteiger partial charge in [0, 0.05) is 38.8 Å². The van der Waals surface area contributed by atoms with Crippen LogP contribution in [0, 0.1) is 0 Å². The van der Waals surface area contributed by atoms with Gasteiger partial charge in [-0.05, 0) is 13.3 Å². The van der Waals surface area contributed by atoms with Gasteiger partial charge in [-0.2, -0.15) is 23.4 Å². The number of fused-ring (bicyclic) bond motifs is 1. The Kier molecular flexibility index (Phi) is 7.19. The third-order valence-corrected chi connectivity index (χ3v) is 5.91. The van der Waals surface area contributed by atoms with Gasteiger partial charge in [0.15, 0.2) is 11.5 Å². The average molecular weight is 499 g/mol. The summed E-state index contributed by atoms with van der Waals surface area (Å²) in [5, 5.41) is 8.58. The minimum Gasteiger partial charge on any atom is -0.379 e. The molecule has 0 bridgehead atoms. The zero-order valence-corrected chi connectivity index (χ0v) is 19.0. The van der Waals surface area contributed by atoms with Crippen LogP contribution in [0.3, 0.4) is 0 Å². The number of aromatic nitrogens is 4. The Morgan fingerprint density at radius 2 is 2.00 bits per heavy atom. The zero-order valence-electron chi connectivity index (χ0n) is 19.0. The molecule has 2 aromatic rings. The first-order valence-corrected chi connectivity index (χ1v) is 11.2. The lowest BCUT2D eigenvalue weighted by Crippen LogP contribution is -2.48. The van der Waals surface area contributed by atoms with Crippen molar-refractivity contribution in [3.05, 3.63) is 33.9 Å². The highest BCUT2D eigenvalue weighted by molar-refractivity contribution is 5.80. The van der Waals surface area contributed by atoms with Gasteiger partial charge in [-0.25, -0.2) is 14.5 Å². The van der Waals surface area contributed by atoms with E-state index in [1.54, 1.807) is 18.0 Å². The van der Waals surface area contributed by atoms with Crippen LogP contribution in [0.25, 0.3) is 10.9 Å². The van der Waals surface area contributed by atoms with Gasteiger partial charge in [0.2, 0.25) is 5.91 Å². The molecule has 2 aliphatic heterocycles. The van der Waals surface area contributed by atoms with E-state index in [2.05, 4.69) is 15.2 Å². The summed E-state index contributed by atoms with van der Waals surface area (Å²) in [6, 6.07) is -0.643. The van der Waals surface area contributed by atoms with Crippen molar-refractivity contribution in [1.29, 1.82) is 0 Å². The van der Waals surface area contributed by atoms with E-state index in [1.165, 1.54) is 0 Å². The lowest BCUT2D eigenvalue weighted by Gasteiger charge is -2.36. The van der Waals surface area contributed by atoms with Crippen molar-refractivity contribution < 1.29 is 27.1 Å². The normalized spacial score (nSPS) is 18.0. The first kappa shape index (κ1) is 24.8. The van der Waals surface area contributed by atoms with E-state index in [1.807, 2.05) is 10.00 Å². The van der Waals surface area contributed by atoms with E-state index in [4.69, 9.17) is 4.74 Å². The summed E-state index contributed by atoms with van der Waals surface area (Å²) >= 11 is 0. The number of H-pyrrole nitrogens is 1. The van der Waals surface area contributed by atoms with Crippen LogP contribution in [0.15, 0.2) is 27.6 Å². The second-order valence-corrected chi connectivity index (χ2v) is 8.37. The summed E-state index contributed by atoms with van der Waals surface area (Å²) in [6.45, 7) is 3.46. The molecule has 10 nitrogen and oxygen atoms in total. The van der Waals surface area contributed by atoms with E-state index in [0.29, 0.717) is 44.8 Å². The number of piperazine rings is 1. The van der Waals surface area contributed by atoms with Crippen LogP contribution in [-0.2, 0) is 15.7 Å². The van der Waals surface area contributed by atoms with Gasteiger partial charge < -0.3 is 14.5 Å². The minimum absolute atomic E-state index is 0.0205. The number of aromatic amines is 1. The predicted molar refractivity (Wildman–Crippen MR) is 117 cm³/mol. The second-order valence-electron chi connectivity index (χ2n) is 8.37. The van der Waals surface area contributed by atoms with Crippen molar-refractivity contribution >= 4 is 23.0 Å². The predicted octanol–water partition coefficient (Wildman–Crippen LogP) is 2.25. The number of carbonyl (C=O) groups is 1. The van der Waals surface area contributed by atoms with Crippen molar-refractivity contribution in [2.45, 2.75) is 38.4 Å². The largest absolute Gasteiger partial charge is 0.435 e. The molecule has 0 radical (unpaired) electrons. The molecule has 2 aromatic heterocycles. The van der Waals surface area contributed by atoms with E-state index in [9.17, 15) is 27.2 Å². The van der Waals surface area contributed by atoms with Gasteiger partial charge in [0.1, 0.15) is 11.2 Å². The van der Waals surface area contributed by atoms with E-state index >= 15 is 0 Å². The molecule has 190 valence electrons. The molecule has 1 fully saturated rings. The van der Waals surface area contributed by atoms with Crippen LogP contribution in [0.2, 0.25) is 0 Å². The van der Waals surface area contributed by atoms with Crippen LogP contribution >= 0.6 is 0 Å². The topological polar surface area (TPSA) is 109 Å². The number of allylic oxidation sites excluding steroid dienone is 1. The molecule has 0 aromatic carbocycles. The molecule has 4 heterocycles. The van der Waals surface area contributed by atoms with Gasteiger partial charge in [-0.1, -0.05) is 0 Å². The number of nitrogens with one attached hydrogen (secondary N) is 1. The van der Waals surface area contributed by atoms with Gasteiger partial charge in [-0.3, -0.25) is 14.3 Å². The molecular formula is C21H25F4N7O3. The Morgan fingerprint density at radius 1 is 1.26 bits per heavy atom. The van der Waals surface area contributed by atoms with Gasteiger partial charge in [0.05, 0.1) is 37.4 Å². The fraction of sp³-hybridized carbons (Fsp3) is 0.571. The highest BCUT2D eigenvalue weighted by Crippen LogP contribution is 2.33. The number of halogens is 4. The molecule has 1 N–H and O–H groups in total. The van der Waals surface area contributed by atoms with Crippen LogP contribution in [0.5, 0.6) is 0 Å². The maximum atomic E-state index is 14.0. The van der Waals surface area contributed by atoms with E-state index < -0.39 is 28.9 Å². The summed E-state index contributed by atoms with van der Waals surface area (Å²) in [4.78, 5) is 32.1. The minimum atomic E-state index is -4.81. The highest BCUT2D eigenvalue weighted by atomic mass is 19.4. The summed E-state index contributed by atoms with van der Waals surface area (Å²) in [5.74, 6) is -0.0151. The SMILES string of the molecule is CC(COCCC(=O)N1CCN(C2=C(F)CCC=N2)CC1)n1nc(C(F)(F)F)c2c(=O)[nH]ncc21.